The molecule has 0 spiro atoms. The number of hydrogen-bond acceptors (Lipinski definition) is 4. The highest BCUT2D eigenvalue weighted by Crippen LogP contribution is 2.34. The van der Waals surface area contributed by atoms with Crippen LogP contribution >= 0.6 is 0 Å². The van der Waals surface area contributed by atoms with Crippen LogP contribution in [0.4, 0.5) is 8.78 Å². The van der Waals surface area contributed by atoms with Crippen LogP contribution in [-0.4, -0.2) is 17.9 Å². The van der Waals surface area contributed by atoms with Crippen LogP contribution in [0, 0.1) is 0 Å². The van der Waals surface area contributed by atoms with Gasteiger partial charge < -0.3 is 14.6 Å². The number of ether oxygens (including phenoxy) is 1. The summed E-state index contributed by atoms with van der Waals surface area (Å²) in [6.07, 6.45) is 2.18. The number of alkyl halides is 2. The van der Waals surface area contributed by atoms with Gasteiger partial charge in [-0.05, 0) is 12.0 Å². The summed E-state index contributed by atoms with van der Waals surface area (Å²) in [7, 11) is 0. The van der Waals surface area contributed by atoms with E-state index in [0.717, 1.165) is 25.7 Å². The van der Waals surface area contributed by atoms with E-state index in [1.807, 2.05) is 0 Å². The molecule has 0 bridgehead atoms. The third-order valence-corrected chi connectivity index (χ3v) is 3.44. The first-order valence-corrected chi connectivity index (χ1v) is 7.73. The molecule has 0 amide bonds. The normalized spacial score (nSPS) is 12.7. The summed E-state index contributed by atoms with van der Waals surface area (Å²) < 4.78 is 32.4. The summed E-state index contributed by atoms with van der Waals surface area (Å²) in [5.74, 6) is -7.70. The van der Waals surface area contributed by atoms with Gasteiger partial charge >= 0.3 is 11.9 Å². The summed E-state index contributed by atoms with van der Waals surface area (Å²) in [5.41, 5.74) is -0.0824. The van der Waals surface area contributed by atoms with E-state index in [9.17, 15) is 23.5 Å². The van der Waals surface area contributed by atoms with Crippen LogP contribution < -0.4 is 5.11 Å². The smallest absolute Gasteiger partial charge is 0.327 e. The second kappa shape index (κ2) is 9.22. The number of benzene rings is 1. The maximum atomic E-state index is 13.8. The molecule has 23 heavy (non-hydrogen) atoms. The summed E-state index contributed by atoms with van der Waals surface area (Å²) in [6, 6.07) is 7.10. The zero-order valence-electron chi connectivity index (χ0n) is 13.1. The van der Waals surface area contributed by atoms with Gasteiger partial charge in [0.05, 0.1) is 0 Å². The molecule has 6 heteroatoms. The molecular weight excluding hydrogens is 306 g/mol. The van der Waals surface area contributed by atoms with Crippen molar-refractivity contribution in [1.29, 1.82) is 0 Å². The van der Waals surface area contributed by atoms with Crippen molar-refractivity contribution in [3.63, 3.8) is 0 Å². The number of unbranched alkanes of at least 4 members (excludes halogenated alkanes) is 4. The lowest BCUT2D eigenvalue weighted by Gasteiger charge is -2.27. The lowest BCUT2D eigenvalue weighted by atomic mass is 10.0. The van der Waals surface area contributed by atoms with Crippen LogP contribution in [0.25, 0.3) is 0 Å². The topological polar surface area (TPSA) is 66.4 Å². The minimum atomic E-state index is -4.29. The molecule has 4 nitrogen and oxygen atoms in total. The zero-order chi connectivity index (χ0) is 17.3. The van der Waals surface area contributed by atoms with Gasteiger partial charge in [0.1, 0.15) is 5.97 Å². The number of hydrogen-bond donors (Lipinski definition) is 0. The average molecular weight is 327 g/mol. The Morgan fingerprint density at radius 3 is 2.30 bits per heavy atom. The van der Waals surface area contributed by atoms with Crippen molar-refractivity contribution in [1.82, 2.24) is 0 Å². The monoisotopic (exact) mass is 327 g/mol. The molecule has 0 aliphatic carbocycles. The van der Waals surface area contributed by atoms with Gasteiger partial charge in [-0.25, -0.2) is 0 Å². The molecule has 1 rings (SSSR count). The predicted molar refractivity (Wildman–Crippen MR) is 78.6 cm³/mol. The molecule has 0 heterocycles. The number of aliphatic carboxylic acids is 1. The summed E-state index contributed by atoms with van der Waals surface area (Å²) >= 11 is 0. The van der Waals surface area contributed by atoms with Crippen molar-refractivity contribution in [2.24, 2.45) is 0 Å². The van der Waals surface area contributed by atoms with Crippen molar-refractivity contribution in [3.05, 3.63) is 35.9 Å². The predicted octanol–water partition coefficient (Wildman–Crippen LogP) is 3.02. The van der Waals surface area contributed by atoms with Crippen LogP contribution in [0.1, 0.15) is 57.1 Å². The van der Waals surface area contributed by atoms with Gasteiger partial charge in [-0.1, -0.05) is 62.9 Å². The molecule has 0 aliphatic rings. The van der Waals surface area contributed by atoms with Gasteiger partial charge in [0.15, 0.2) is 6.10 Å². The highest BCUT2D eigenvalue weighted by atomic mass is 19.3. The van der Waals surface area contributed by atoms with Gasteiger partial charge in [-0.3, -0.25) is 4.79 Å². The number of carbonyl (C=O) groups is 2. The largest absolute Gasteiger partial charge is 0.544 e. The number of esters is 1. The molecule has 0 saturated carbocycles. The van der Waals surface area contributed by atoms with Crippen molar-refractivity contribution in [2.45, 2.75) is 57.5 Å². The molecule has 1 unspecified atom stereocenters. The fourth-order valence-corrected chi connectivity index (χ4v) is 2.15. The van der Waals surface area contributed by atoms with Crippen LogP contribution in [0.15, 0.2) is 30.3 Å². The molecule has 0 aliphatic heterocycles. The Bertz CT molecular complexity index is 503. The van der Waals surface area contributed by atoms with Gasteiger partial charge in [-0.2, -0.15) is 8.78 Å². The van der Waals surface area contributed by atoms with Crippen molar-refractivity contribution in [3.8, 4) is 0 Å². The van der Waals surface area contributed by atoms with Crippen molar-refractivity contribution < 1.29 is 28.2 Å². The van der Waals surface area contributed by atoms with E-state index in [1.54, 1.807) is 6.07 Å². The molecule has 0 fully saturated rings. The molecule has 1 aromatic rings. The van der Waals surface area contributed by atoms with Crippen LogP contribution in [-0.2, 0) is 14.3 Å². The lowest BCUT2D eigenvalue weighted by molar-refractivity contribution is -0.337. The molecule has 0 saturated heterocycles. The second-order valence-electron chi connectivity index (χ2n) is 5.36. The van der Waals surface area contributed by atoms with Crippen LogP contribution in [0.5, 0.6) is 0 Å². The minimum absolute atomic E-state index is 0.0177. The SMILES string of the molecule is CCCCCCCC(=O)OC(c1ccccc1)C(F)(F)C(=O)[O-]. The van der Waals surface area contributed by atoms with Crippen molar-refractivity contribution in [2.75, 3.05) is 0 Å². The molecule has 0 radical (unpaired) electrons. The van der Waals surface area contributed by atoms with Crippen LogP contribution in [0.3, 0.4) is 0 Å². The van der Waals surface area contributed by atoms with Crippen molar-refractivity contribution >= 4 is 11.9 Å². The highest BCUT2D eigenvalue weighted by molar-refractivity contribution is 5.76. The fourth-order valence-electron chi connectivity index (χ4n) is 2.15. The standard InChI is InChI=1S/C17H22F2O4/c1-2-3-4-5-9-12-14(20)23-15(17(18,19)16(21)22)13-10-7-6-8-11-13/h6-8,10-11,15H,2-5,9,12H2,1H3,(H,21,22)/p-1. The van der Waals surface area contributed by atoms with E-state index < -0.39 is 24.0 Å². The first kappa shape index (κ1) is 19.1. The highest BCUT2D eigenvalue weighted by Gasteiger charge is 2.45. The first-order valence-electron chi connectivity index (χ1n) is 7.73. The van der Waals surface area contributed by atoms with E-state index in [4.69, 9.17) is 4.74 Å². The van der Waals surface area contributed by atoms with Gasteiger partial charge in [0, 0.05) is 6.42 Å². The van der Waals surface area contributed by atoms with Crippen LogP contribution in [0.2, 0.25) is 0 Å². The second-order valence-corrected chi connectivity index (χ2v) is 5.36. The van der Waals surface area contributed by atoms with Gasteiger partial charge in [0.2, 0.25) is 0 Å². The number of carboxylic acid groups (broad SMARTS) is 1. The maximum absolute atomic E-state index is 13.8. The lowest BCUT2D eigenvalue weighted by Crippen LogP contribution is -2.47. The van der Waals surface area contributed by atoms with E-state index in [0.29, 0.717) is 6.42 Å². The number of rotatable bonds is 10. The Balaban J connectivity index is 2.71. The Morgan fingerprint density at radius 2 is 1.74 bits per heavy atom. The molecule has 1 aromatic carbocycles. The van der Waals surface area contributed by atoms with E-state index >= 15 is 0 Å². The minimum Gasteiger partial charge on any atom is -0.544 e. The van der Waals surface area contributed by atoms with Gasteiger partial charge in [0.25, 0.3) is 0 Å². The number of halogens is 2. The molecule has 1 atom stereocenters. The van der Waals surface area contributed by atoms with E-state index in [1.165, 1.54) is 24.3 Å². The van der Waals surface area contributed by atoms with E-state index in [2.05, 4.69) is 6.92 Å². The molecule has 0 N–H and O–H groups in total. The summed E-state index contributed by atoms with van der Waals surface area (Å²) in [4.78, 5) is 22.5. The first-order chi connectivity index (χ1) is 10.9. The zero-order valence-corrected chi connectivity index (χ0v) is 13.1. The summed E-state index contributed by atoms with van der Waals surface area (Å²) in [6.45, 7) is 2.06. The summed E-state index contributed by atoms with van der Waals surface area (Å²) in [5, 5.41) is 10.7. The maximum Gasteiger partial charge on any atom is 0.327 e. The number of carbonyl (C=O) groups excluding carboxylic acids is 2. The fraction of sp³-hybridized carbons (Fsp3) is 0.529. The Kier molecular flexibility index (Phi) is 7.65. The third-order valence-electron chi connectivity index (χ3n) is 3.44. The van der Waals surface area contributed by atoms with Gasteiger partial charge in [-0.15, -0.1) is 0 Å². The van der Waals surface area contributed by atoms with E-state index in [-0.39, 0.29) is 12.0 Å². The molecular formula is C17H21F2O4-. The molecule has 128 valence electrons. The Morgan fingerprint density at radius 1 is 1.13 bits per heavy atom. The molecule has 0 aromatic heterocycles. The Labute approximate surface area is 134 Å². The number of carboxylic acids is 1. The Hall–Kier alpha value is -1.98. The quantitative estimate of drug-likeness (QED) is 0.489. The third kappa shape index (κ3) is 5.96. The average Bonchev–Trinajstić information content (AvgIpc) is 2.53.